The lowest BCUT2D eigenvalue weighted by Gasteiger charge is -2.31. The fraction of sp³-hybridized carbons (Fsp3) is 0.353. The Balaban J connectivity index is 1.66. The predicted molar refractivity (Wildman–Crippen MR) is 92.4 cm³/mol. The number of rotatable bonds is 4. The number of nitrogens with one attached hydrogen (secondary N) is 1. The number of fused-ring (bicyclic) bond motifs is 1. The summed E-state index contributed by atoms with van der Waals surface area (Å²) in [6.07, 6.45) is 8.31. The second-order valence-corrected chi connectivity index (χ2v) is 6.48. The molecule has 1 heterocycles. The van der Waals surface area contributed by atoms with E-state index in [2.05, 4.69) is 53.5 Å². The molecule has 0 aromatic heterocycles. The van der Waals surface area contributed by atoms with Gasteiger partial charge in [0, 0.05) is 11.1 Å². The van der Waals surface area contributed by atoms with Crippen molar-refractivity contribution < 1.29 is 0 Å². The van der Waals surface area contributed by atoms with Gasteiger partial charge in [0.05, 0.1) is 12.1 Å². The summed E-state index contributed by atoms with van der Waals surface area (Å²) < 4.78 is 0. The van der Waals surface area contributed by atoms with Gasteiger partial charge in [0.25, 0.3) is 0 Å². The molecule has 1 aliphatic carbocycles. The average molecular weight is 319 g/mol. The van der Waals surface area contributed by atoms with Crippen LogP contribution in [0.1, 0.15) is 18.9 Å². The van der Waals surface area contributed by atoms with Crippen molar-refractivity contribution in [3.05, 3.63) is 59.2 Å². The Hall–Kier alpha value is -1.32. The van der Waals surface area contributed by atoms with Gasteiger partial charge >= 0.3 is 0 Å². The molecule has 0 radical (unpaired) electrons. The van der Waals surface area contributed by atoms with Crippen LogP contribution in [0.15, 0.2) is 53.6 Å². The van der Waals surface area contributed by atoms with E-state index >= 15 is 0 Å². The Morgan fingerprint density at radius 1 is 1.33 bits per heavy atom. The highest BCUT2D eigenvalue weighted by Gasteiger charge is 2.37. The zero-order chi connectivity index (χ0) is 14.8. The van der Waals surface area contributed by atoms with Gasteiger partial charge in [0.1, 0.15) is 0 Å². The van der Waals surface area contributed by atoms with Crippen molar-refractivity contribution >= 4 is 28.9 Å². The van der Waals surface area contributed by atoms with Crippen LogP contribution in [0.5, 0.6) is 0 Å². The first-order chi connectivity index (χ1) is 10.1. The minimum absolute atomic E-state index is 0.203. The van der Waals surface area contributed by atoms with Crippen molar-refractivity contribution in [1.82, 2.24) is 10.2 Å². The van der Waals surface area contributed by atoms with Crippen LogP contribution < -0.4 is 5.32 Å². The Kier molecular flexibility index (Phi) is 4.32. The fourth-order valence-electron chi connectivity index (χ4n) is 3.03. The third-order valence-electron chi connectivity index (χ3n) is 4.17. The number of benzene rings is 1. The number of thiocarbonyl (C=S) groups is 1. The van der Waals surface area contributed by atoms with Gasteiger partial charge in [-0.05, 0) is 49.7 Å². The molecular weight excluding hydrogens is 300 g/mol. The molecule has 0 saturated carbocycles. The van der Waals surface area contributed by atoms with Crippen LogP contribution in [0.25, 0.3) is 0 Å². The molecule has 0 unspecified atom stereocenters. The van der Waals surface area contributed by atoms with Gasteiger partial charge < -0.3 is 10.2 Å². The zero-order valence-corrected chi connectivity index (χ0v) is 13.6. The maximum Gasteiger partial charge on any atom is 0.170 e. The quantitative estimate of drug-likeness (QED) is 0.854. The number of hydrogen-bond donors (Lipinski definition) is 1. The van der Waals surface area contributed by atoms with Crippen LogP contribution in [0.2, 0.25) is 0 Å². The molecule has 3 atom stereocenters. The summed E-state index contributed by atoms with van der Waals surface area (Å²) in [6.45, 7) is 2.24. The first-order valence-electron chi connectivity index (χ1n) is 7.33. The van der Waals surface area contributed by atoms with Crippen molar-refractivity contribution in [2.75, 3.05) is 0 Å². The molecule has 0 amide bonds. The predicted octanol–water partition coefficient (Wildman–Crippen LogP) is 3.63. The molecule has 1 fully saturated rings. The topological polar surface area (TPSA) is 15.3 Å². The molecule has 1 aromatic rings. The Morgan fingerprint density at radius 3 is 2.86 bits per heavy atom. The molecule has 1 N–H and O–H groups in total. The van der Waals surface area contributed by atoms with Crippen molar-refractivity contribution in [1.29, 1.82) is 0 Å². The molecule has 0 spiro atoms. The molecule has 0 bridgehead atoms. The van der Waals surface area contributed by atoms with Gasteiger partial charge in [-0.15, -0.1) is 0 Å². The highest BCUT2D eigenvalue weighted by atomic mass is 35.5. The van der Waals surface area contributed by atoms with Gasteiger partial charge in [-0.25, -0.2) is 0 Å². The van der Waals surface area contributed by atoms with Gasteiger partial charge in [0.2, 0.25) is 0 Å². The molecule has 1 aromatic carbocycles. The Morgan fingerprint density at radius 2 is 2.10 bits per heavy atom. The van der Waals surface area contributed by atoms with Crippen molar-refractivity contribution in [3.8, 4) is 0 Å². The number of halogens is 1. The minimum atomic E-state index is 0.203. The van der Waals surface area contributed by atoms with Gasteiger partial charge in [-0.1, -0.05) is 48.0 Å². The van der Waals surface area contributed by atoms with E-state index in [1.165, 1.54) is 5.56 Å². The lowest BCUT2D eigenvalue weighted by atomic mass is 10.00. The molecule has 2 nitrogen and oxygen atoms in total. The van der Waals surface area contributed by atoms with E-state index in [1.807, 2.05) is 12.2 Å². The largest absolute Gasteiger partial charge is 0.354 e. The van der Waals surface area contributed by atoms with Crippen molar-refractivity contribution in [2.45, 2.75) is 37.9 Å². The lowest BCUT2D eigenvalue weighted by Crippen LogP contribution is -2.42. The van der Waals surface area contributed by atoms with E-state index < -0.39 is 0 Å². The van der Waals surface area contributed by atoms with Gasteiger partial charge in [0.15, 0.2) is 5.11 Å². The van der Waals surface area contributed by atoms with E-state index in [0.29, 0.717) is 6.04 Å². The molecule has 3 rings (SSSR count). The number of allylic oxidation sites excluding steroid dienone is 2. The molecule has 4 heteroatoms. The number of hydrogen-bond acceptors (Lipinski definition) is 1. The highest BCUT2D eigenvalue weighted by Crippen LogP contribution is 2.27. The molecule has 21 heavy (non-hydrogen) atoms. The number of aryl methyl sites for hydroxylation is 1. The Bertz CT molecular complexity index is 582. The summed E-state index contributed by atoms with van der Waals surface area (Å²) in [7, 11) is 0. The third kappa shape index (κ3) is 3.14. The minimum Gasteiger partial charge on any atom is -0.354 e. The fourth-order valence-corrected chi connectivity index (χ4v) is 3.68. The maximum absolute atomic E-state index is 6.07. The molecule has 1 aliphatic heterocycles. The van der Waals surface area contributed by atoms with Crippen LogP contribution in [-0.4, -0.2) is 28.1 Å². The summed E-state index contributed by atoms with van der Waals surface area (Å²) in [5.74, 6) is 0. The number of nitrogens with zero attached hydrogens (tertiary/aromatic N) is 1. The van der Waals surface area contributed by atoms with E-state index in [9.17, 15) is 0 Å². The summed E-state index contributed by atoms with van der Waals surface area (Å²) in [5.41, 5.74) is 1.38. The van der Waals surface area contributed by atoms with E-state index in [0.717, 1.165) is 23.0 Å². The average Bonchev–Trinajstić information content (AvgIpc) is 2.81. The standard InChI is InChI=1S/C17H19ClN2S/c1-12(7-8-13-5-3-2-4-6-13)20-16-10-9-14(18)11-15(16)19-17(20)21/h2-6,9-12,15-16H,7-8H2,1H3,(H,19,21)/t12-,15+,16-/m1/s1. The zero-order valence-electron chi connectivity index (χ0n) is 12.0. The second kappa shape index (κ2) is 6.20. The molecule has 2 aliphatic rings. The summed E-state index contributed by atoms with van der Waals surface area (Å²) >= 11 is 11.6. The van der Waals surface area contributed by atoms with Crippen LogP contribution in [0.4, 0.5) is 0 Å². The van der Waals surface area contributed by atoms with Gasteiger partial charge in [-0.2, -0.15) is 0 Å². The highest BCUT2D eigenvalue weighted by molar-refractivity contribution is 7.80. The second-order valence-electron chi connectivity index (χ2n) is 5.66. The van der Waals surface area contributed by atoms with E-state index in [1.54, 1.807) is 0 Å². The van der Waals surface area contributed by atoms with Gasteiger partial charge in [-0.3, -0.25) is 0 Å². The van der Waals surface area contributed by atoms with Crippen LogP contribution in [0.3, 0.4) is 0 Å². The van der Waals surface area contributed by atoms with Crippen LogP contribution >= 0.6 is 23.8 Å². The monoisotopic (exact) mass is 318 g/mol. The normalized spacial score (nSPS) is 25.3. The van der Waals surface area contributed by atoms with E-state index in [4.69, 9.17) is 23.8 Å². The van der Waals surface area contributed by atoms with Crippen LogP contribution in [-0.2, 0) is 6.42 Å². The maximum atomic E-state index is 6.07. The third-order valence-corrected chi connectivity index (χ3v) is 4.75. The molecule has 1 saturated heterocycles. The summed E-state index contributed by atoms with van der Waals surface area (Å²) in [6, 6.07) is 11.5. The first kappa shape index (κ1) is 14.6. The molecule has 110 valence electrons. The first-order valence-corrected chi connectivity index (χ1v) is 8.12. The summed E-state index contributed by atoms with van der Waals surface area (Å²) in [4.78, 5) is 2.30. The molecular formula is C17H19ClN2S. The van der Waals surface area contributed by atoms with Crippen molar-refractivity contribution in [3.63, 3.8) is 0 Å². The SMILES string of the molecule is C[C@H](CCc1ccccc1)N1C(=S)N[C@H]2C=C(Cl)C=C[C@H]21. The van der Waals surface area contributed by atoms with E-state index in [-0.39, 0.29) is 12.1 Å². The summed E-state index contributed by atoms with van der Waals surface area (Å²) in [5, 5.41) is 4.97. The lowest BCUT2D eigenvalue weighted by molar-refractivity contribution is 0.290. The smallest absolute Gasteiger partial charge is 0.170 e. The van der Waals surface area contributed by atoms with Crippen molar-refractivity contribution in [2.24, 2.45) is 0 Å². The Labute approximate surface area is 136 Å². The van der Waals surface area contributed by atoms with Crippen LogP contribution in [0, 0.1) is 0 Å².